The van der Waals surface area contributed by atoms with Gasteiger partial charge in [0.1, 0.15) is 22.8 Å². The number of halogens is 1. The first kappa shape index (κ1) is 24.5. The molecule has 0 aliphatic heterocycles. The maximum Gasteiger partial charge on any atom is 0.371 e. The van der Waals surface area contributed by atoms with Crippen LogP contribution < -0.4 is 4.74 Å². The fraction of sp³-hybridized carbons (Fsp3) is 0.154. The van der Waals surface area contributed by atoms with Gasteiger partial charge in [0, 0.05) is 23.1 Å². The lowest BCUT2D eigenvalue weighted by Crippen LogP contribution is -2.06. The van der Waals surface area contributed by atoms with Crippen LogP contribution in [0.4, 0.5) is 0 Å². The predicted octanol–water partition coefficient (Wildman–Crippen LogP) is 6.58. The van der Waals surface area contributed by atoms with E-state index < -0.39 is 5.97 Å². The summed E-state index contributed by atoms with van der Waals surface area (Å²) in [6, 6.07) is 18.5. The van der Waals surface area contributed by atoms with Crippen LogP contribution in [0.25, 0.3) is 11.3 Å². The minimum atomic E-state index is -0.683. The quantitative estimate of drug-likeness (QED) is 0.115. The first-order valence-corrected chi connectivity index (χ1v) is 12.0. The van der Waals surface area contributed by atoms with Gasteiger partial charge in [0.25, 0.3) is 0 Å². The van der Waals surface area contributed by atoms with Crippen LogP contribution in [0.3, 0.4) is 0 Å². The highest BCUT2D eigenvalue weighted by Crippen LogP contribution is 2.32. The smallest absolute Gasteiger partial charge is 0.371 e. The Hall–Kier alpha value is -3.62. The third-order valence-electron chi connectivity index (χ3n) is 5.17. The molecule has 4 aromatic rings. The number of oxime groups is 1. The molecule has 0 fully saturated rings. The summed E-state index contributed by atoms with van der Waals surface area (Å²) in [7, 11) is 1.63. The van der Waals surface area contributed by atoms with E-state index in [4.69, 9.17) is 25.7 Å². The normalized spacial score (nSPS) is 11.4. The summed E-state index contributed by atoms with van der Waals surface area (Å²) in [4.78, 5) is 22.5. The van der Waals surface area contributed by atoms with Gasteiger partial charge in [0.2, 0.25) is 0 Å². The van der Waals surface area contributed by atoms with E-state index in [0.717, 1.165) is 21.9 Å². The first-order chi connectivity index (χ1) is 17.0. The number of ether oxygens (including phenoxy) is 1. The molecule has 9 heteroatoms. The van der Waals surface area contributed by atoms with E-state index in [1.807, 2.05) is 36.4 Å². The number of hydrogen-bond donors (Lipinski definition) is 0. The van der Waals surface area contributed by atoms with Crippen molar-refractivity contribution in [1.29, 1.82) is 0 Å². The van der Waals surface area contributed by atoms with Crippen LogP contribution in [-0.4, -0.2) is 28.9 Å². The average Bonchev–Trinajstić information content (AvgIpc) is 3.27. The molecule has 0 saturated carbocycles. The van der Waals surface area contributed by atoms with E-state index in [-0.39, 0.29) is 5.56 Å². The molecule has 0 amide bonds. The zero-order valence-corrected chi connectivity index (χ0v) is 20.9. The third-order valence-corrected chi connectivity index (χ3v) is 6.49. The molecular weight excluding hydrogens is 486 g/mol. The van der Waals surface area contributed by atoms with E-state index in [1.54, 1.807) is 63.2 Å². The van der Waals surface area contributed by atoms with Gasteiger partial charge in [0.15, 0.2) is 0 Å². The van der Waals surface area contributed by atoms with Crippen LogP contribution in [0.2, 0.25) is 5.02 Å². The number of methoxy groups -OCH3 is 1. The van der Waals surface area contributed by atoms with Gasteiger partial charge in [-0.2, -0.15) is 0 Å². The lowest BCUT2D eigenvalue weighted by atomic mass is 10.1. The number of aromatic nitrogens is 2. The van der Waals surface area contributed by atoms with Crippen molar-refractivity contribution < 1.29 is 18.9 Å². The summed E-state index contributed by atoms with van der Waals surface area (Å²) in [5, 5.41) is 9.43. The van der Waals surface area contributed by atoms with Gasteiger partial charge in [-0.15, -0.1) is 11.8 Å². The molecule has 0 bridgehead atoms. The summed E-state index contributed by atoms with van der Waals surface area (Å²) in [6.45, 7) is 3.40. The zero-order chi connectivity index (χ0) is 24.8. The fourth-order valence-electron chi connectivity index (χ4n) is 3.36. The summed E-state index contributed by atoms with van der Waals surface area (Å²) >= 11 is 7.88. The number of thioether (sulfide) groups is 1. The van der Waals surface area contributed by atoms with E-state index in [2.05, 4.69) is 15.3 Å². The van der Waals surface area contributed by atoms with Crippen molar-refractivity contribution in [2.45, 2.75) is 24.6 Å². The minimum Gasteiger partial charge on any atom is -0.496 e. The summed E-state index contributed by atoms with van der Waals surface area (Å²) < 4.78 is 10.7. The lowest BCUT2D eigenvalue weighted by molar-refractivity contribution is 0.0515. The molecule has 35 heavy (non-hydrogen) atoms. The molecule has 178 valence electrons. The number of aryl methyl sites for hydroxylation is 1. The number of pyridine rings is 1. The molecular formula is C26H22ClN3O4S. The highest BCUT2D eigenvalue weighted by molar-refractivity contribution is 7.98. The number of carbonyl (C=O) groups is 1. The van der Waals surface area contributed by atoms with Gasteiger partial charge >= 0.3 is 5.97 Å². The Balaban J connectivity index is 1.53. The van der Waals surface area contributed by atoms with Crippen molar-refractivity contribution in [3.8, 4) is 17.0 Å². The molecule has 0 aliphatic rings. The number of rotatable bonds is 8. The van der Waals surface area contributed by atoms with Crippen molar-refractivity contribution in [2.75, 3.05) is 7.11 Å². The molecule has 0 radical (unpaired) electrons. The minimum absolute atomic E-state index is 0.178. The molecule has 0 saturated heterocycles. The van der Waals surface area contributed by atoms with E-state index in [9.17, 15) is 4.79 Å². The largest absolute Gasteiger partial charge is 0.496 e. The SMILES string of the molecule is COc1ccc(C(C)=NOC(=O)c2c(-c3ccccc3Cl)noc2C)cc1CSc1ccccn1. The van der Waals surface area contributed by atoms with Crippen LogP contribution >= 0.6 is 23.4 Å². The second kappa shape index (κ2) is 11.2. The van der Waals surface area contributed by atoms with Gasteiger partial charge in [0.05, 0.1) is 22.9 Å². The maximum absolute atomic E-state index is 12.9. The number of carbonyl (C=O) groups excluding carboxylic acids is 1. The van der Waals surface area contributed by atoms with Gasteiger partial charge in [-0.05, 0) is 55.8 Å². The first-order valence-electron chi connectivity index (χ1n) is 10.7. The molecule has 0 aliphatic carbocycles. The van der Waals surface area contributed by atoms with Gasteiger partial charge < -0.3 is 14.1 Å². The van der Waals surface area contributed by atoms with Crippen molar-refractivity contribution >= 4 is 35.0 Å². The molecule has 0 unspecified atom stereocenters. The Kier molecular flexibility index (Phi) is 7.84. The third kappa shape index (κ3) is 5.72. The Morgan fingerprint density at radius 2 is 1.94 bits per heavy atom. The summed E-state index contributed by atoms with van der Waals surface area (Å²) in [6.07, 6.45) is 1.76. The van der Waals surface area contributed by atoms with Crippen LogP contribution in [0.15, 0.2) is 81.6 Å². The Bertz CT molecular complexity index is 1370. The maximum atomic E-state index is 12.9. The molecule has 2 aromatic heterocycles. The highest BCUT2D eigenvalue weighted by atomic mass is 35.5. The number of nitrogens with zero attached hydrogens (tertiary/aromatic N) is 3. The van der Waals surface area contributed by atoms with Gasteiger partial charge in [-0.3, -0.25) is 0 Å². The molecule has 0 spiro atoms. The molecule has 0 atom stereocenters. The highest BCUT2D eigenvalue weighted by Gasteiger charge is 2.24. The standard InChI is InChI=1S/C26H22ClN3O4S/c1-16(18-11-12-22(32-3)19(14-18)15-35-23-10-6-7-13-28-23)29-34-26(31)24-17(2)33-30-25(24)20-8-4-5-9-21(20)27/h4-14H,15H2,1-3H3. The van der Waals surface area contributed by atoms with Crippen molar-refractivity contribution in [1.82, 2.24) is 10.1 Å². The number of hydrogen-bond acceptors (Lipinski definition) is 8. The molecule has 0 N–H and O–H groups in total. The number of benzene rings is 2. The van der Waals surface area contributed by atoms with Crippen LogP contribution in [0.5, 0.6) is 5.75 Å². The van der Waals surface area contributed by atoms with Crippen molar-refractivity contribution in [3.63, 3.8) is 0 Å². The zero-order valence-electron chi connectivity index (χ0n) is 19.3. The van der Waals surface area contributed by atoms with Gasteiger partial charge in [-0.25, -0.2) is 9.78 Å². The monoisotopic (exact) mass is 507 g/mol. The average molecular weight is 508 g/mol. The lowest BCUT2D eigenvalue weighted by Gasteiger charge is -2.10. The van der Waals surface area contributed by atoms with E-state index in [0.29, 0.717) is 33.5 Å². The Labute approximate surface area is 212 Å². The van der Waals surface area contributed by atoms with Crippen LogP contribution in [0.1, 0.15) is 34.2 Å². The predicted molar refractivity (Wildman–Crippen MR) is 136 cm³/mol. The second-order valence-electron chi connectivity index (χ2n) is 7.48. The fourth-order valence-corrected chi connectivity index (χ4v) is 4.42. The van der Waals surface area contributed by atoms with Gasteiger partial charge in [-0.1, -0.05) is 46.2 Å². The van der Waals surface area contributed by atoms with E-state index >= 15 is 0 Å². The molecule has 2 heterocycles. The van der Waals surface area contributed by atoms with Crippen molar-refractivity contribution in [2.24, 2.45) is 5.16 Å². The Morgan fingerprint density at radius 3 is 2.69 bits per heavy atom. The summed E-state index contributed by atoms with van der Waals surface area (Å²) in [5.74, 6) is 1.04. The second-order valence-corrected chi connectivity index (χ2v) is 8.88. The molecule has 2 aromatic carbocycles. The molecule has 7 nitrogen and oxygen atoms in total. The van der Waals surface area contributed by atoms with Crippen LogP contribution in [-0.2, 0) is 10.6 Å². The van der Waals surface area contributed by atoms with Crippen LogP contribution in [0, 0.1) is 6.92 Å². The molecule has 4 rings (SSSR count). The Morgan fingerprint density at radius 1 is 1.14 bits per heavy atom. The topological polar surface area (TPSA) is 86.8 Å². The van der Waals surface area contributed by atoms with E-state index in [1.165, 1.54) is 0 Å². The summed E-state index contributed by atoms with van der Waals surface area (Å²) in [5.41, 5.74) is 3.35. The van der Waals surface area contributed by atoms with Crippen molar-refractivity contribution in [3.05, 3.63) is 94.3 Å².